The molecule has 2 amide bonds. The standard InChI is InChI=1S/C30H31N9O3/c1-19(2)39-35-28(34-36-39)27(21-7-5-4-6-8-21)37-13-15-38(16-14-37)30(41)25-17-22(11-12-31-25)29-33-24-18-23(32-20(3)40)9-10-26(24)42-29/h4-12,17-19,27H,13-16H2,1-3H3,(H,32,40). The summed E-state index contributed by atoms with van der Waals surface area (Å²) in [4.78, 5) is 39.6. The quantitative estimate of drug-likeness (QED) is 0.311. The third-order valence-corrected chi connectivity index (χ3v) is 7.17. The molecule has 0 bridgehead atoms. The van der Waals surface area contributed by atoms with Crippen LogP contribution in [-0.2, 0) is 4.79 Å². The molecule has 6 rings (SSSR count). The molecule has 3 aromatic heterocycles. The lowest BCUT2D eigenvalue weighted by atomic mass is 10.0. The lowest BCUT2D eigenvalue weighted by Crippen LogP contribution is -2.50. The summed E-state index contributed by atoms with van der Waals surface area (Å²) in [6.07, 6.45) is 1.59. The van der Waals surface area contributed by atoms with Crippen molar-refractivity contribution in [1.29, 1.82) is 0 Å². The highest BCUT2D eigenvalue weighted by molar-refractivity contribution is 5.94. The summed E-state index contributed by atoms with van der Waals surface area (Å²) < 4.78 is 5.93. The smallest absolute Gasteiger partial charge is 0.272 e. The number of tetrazole rings is 1. The Labute approximate surface area is 242 Å². The van der Waals surface area contributed by atoms with E-state index in [1.54, 1.807) is 41.3 Å². The first kappa shape index (κ1) is 27.2. The predicted molar refractivity (Wildman–Crippen MR) is 156 cm³/mol. The average Bonchev–Trinajstić information content (AvgIpc) is 3.66. The molecule has 0 radical (unpaired) electrons. The van der Waals surface area contributed by atoms with Crippen molar-refractivity contribution in [3.05, 3.63) is 83.9 Å². The molecule has 2 aromatic carbocycles. The van der Waals surface area contributed by atoms with Crippen molar-refractivity contribution >= 4 is 28.6 Å². The zero-order chi connectivity index (χ0) is 29.2. The Morgan fingerprint density at radius 3 is 2.48 bits per heavy atom. The fourth-order valence-corrected chi connectivity index (χ4v) is 5.08. The Morgan fingerprint density at radius 2 is 1.76 bits per heavy atom. The first-order chi connectivity index (χ1) is 20.4. The molecule has 0 saturated carbocycles. The number of carbonyl (C=O) groups excluding carboxylic acids is 2. The van der Waals surface area contributed by atoms with Crippen LogP contribution in [-0.4, -0.2) is 78.0 Å². The lowest BCUT2D eigenvalue weighted by Gasteiger charge is -2.38. The highest BCUT2D eigenvalue weighted by Crippen LogP contribution is 2.29. The number of pyridine rings is 1. The number of oxazole rings is 1. The SMILES string of the molecule is CC(=O)Nc1ccc2oc(-c3ccnc(C(=O)N4CCN(C(c5ccccc5)c5nnn(C(C)C)n5)CC4)c3)nc2c1. The van der Waals surface area contributed by atoms with Crippen molar-refractivity contribution in [1.82, 2.24) is 40.0 Å². The summed E-state index contributed by atoms with van der Waals surface area (Å²) in [5.41, 5.74) is 3.87. The molecule has 42 heavy (non-hydrogen) atoms. The van der Waals surface area contributed by atoms with Crippen molar-refractivity contribution in [2.24, 2.45) is 0 Å². The third kappa shape index (κ3) is 5.61. The Kier molecular flexibility index (Phi) is 7.44. The number of benzene rings is 2. The second-order valence-corrected chi connectivity index (χ2v) is 10.5. The van der Waals surface area contributed by atoms with E-state index in [0.29, 0.717) is 65.9 Å². The van der Waals surface area contributed by atoms with Gasteiger partial charge in [0.25, 0.3) is 5.91 Å². The average molecular weight is 566 g/mol. The molecule has 1 unspecified atom stereocenters. The number of hydrogen-bond donors (Lipinski definition) is 1. The molecule has 0 aliphatic carbocycles. The van der Waals surface area contributed by atoms with Gasteiger partial charge in [0.05, 0.1) is 12.1 Å². The van der Waals surface area contributed by atoms with Gasteiger partial charge in [0, 0.05) is 50.6 Å². The number of nitrogens with zero attached hydrogens (tertiary/aromatic N) is 8. The molecule has 214 valence electrons. The summed E-state index contributed by atoms with van der Waals surface area (Å²) in [5.74, 6) is 0.702. The van der Waals surface area contributed by atoms with Gasteiger partial charge in [-0.15, -0.1) is 10.2 Å². The van der Waals surface area contributed by atoms with Crippen LogP contribution in [0.15, 0.2) is 71.3 Å². The molecule has 12 nitrogen and oxygen atoms in total. The Morgan fingerprint density at radius 1 is 0.976 bits per heavy atom. The van der Waals surface area contributed by atoms with Gasteiger partial charge in [-0.1, -0.05) is 30.3 Å². The Bertz CT molecular complexity index is 1720. The minimum Gasteiger partial charge on any atom is -0.436 e. The molecule has 1 saturated heterocycles. The number of carbonyl (C=O) groups is 2. The summed E-state index contributed by atoms with van der Waals surface area (Å²) >= 11 is 0. The topological polar surface area (TPSA) is 135 Å². The number of aromatic nitrogens is 6. The molecule has 4 heterocycles. The minimum atomic E-state index is -0.164. The summed E-state index contributed by atoms with van der Waals surface area (Å²) in [7, 11) is 0. The molecule has 1 atom stereocenters. The first-order valence-corrected chi connectivity index (χ1v) is 13.9. The zero-order valence-corrected chi connectivity index (χ0v) is 23.6. The number of piperazine rings is 1. The summed E-state index contributed by atoms with van der Waals surface area (Å²) in [5, 5.41) is 16.0. The molecule has 1 aliphatic rings. The van der Waals surface area contributed by atoms with Gasteiger partial charge in [-0.2, -0.15) is 4.80 Å². The van der Waals surface area contributed by atoms with Crippen LogP contribution in [0.5, 0.6) is 0 Å². The maximum absolute atomic E-state index is 13.5. The molecular weight excluding hydrogens is 534 g/mol. The van der Waals surface area contributed by atoms with Crippen molar-refractivity contribution in [2.75, 3.05) is 31.5 Å². The van der Waals surface area contributed by atoms with Crippen LogP contribution in [0.1, 0.15) is 54.7 Å². The Balaban J connectivity index is 1.18. The van der Waals surface area contributed by atoms with Gasteiger partial charge in [0.2, 0.25) is 11.8 Å². The number of rotatable bonds is 7. The molecule has 1 aliphatic heterocycles. The largest absolute Gasteiger partial charge is 0.436 e. The number of nitrogens with one attached hydrogen (secondary N) is 1. The maximum Gasteiger partial charge on any atom is 0.272 e. The first-order valence-electron chi connectivity index (χ1n) is 13.9. The van der Waals surface area contributed by atoms with E-state index in [4.69, 9.17) is 4.42 Å². The van der Waals surface area contributed by atoms with Crippen molar-refractivity contribution in [3.8, 4) is 11.5 Å². The van der Waals surface area contributed by atoms with E-state index < -0.39 is 0 Å². The minimum absolute atomic E-state index is 0.108. The van der Waals surface area contributed by atoms with Gasteiger partial charge in [0.15, 0.2) is 11.4 Å². The fraction of sp³-hybridized carbons (Fsp3) is 0.300. The van der Waals surface area contributed by atoms with Gasteiger partial charge in [-0.25, -0.2) is 4.98 Å². The molecule has 0 spiro atoms. The van der Waals surface area contributed by atoms with E-state index in [1.165, 1.54) is 6.92 Å². The molecule has 12 heteroatoms. The van der Waals surface area contributed by atoms with Crippen LogP contribution in [0.4, 0.5) is 5.69 Å². The van der Waals surface area contributed by atoms with Crippen LogP contribution in [0.3, 0.4) is 0 Å². The van der Waals surface area contributed by atoms with Crippen LogP contribution < -0.4 is 5.32 Å². The van der Waals surface area contributed by atoms with Crippen molar-refractivity contribution in [2.45, 2.75) is 32.9 Å². The van der Waals surface area contributed by atoms with E-state index in [9.17, 15) is 9.59 Å². The number of fused-ring (bicyclic) bond motifs is 1. The van der Waals surface area contributed by atoms with Crippen LogP contribution in [0.25, 0.3) is 22.6 Å². The molecule has 5 aromatic rings. The monoisotopic (exact) mass is 565 g/mol. The van der Waals surface area contributed by atoms with Gasteiger partial charge in [-0.05, 0) is 55.0 Å². The second-order valence-electron chi connectivity index (χ2n) is 10.5. The lowest BCUT2D eigenvalue weighted by molar-refractivity contribution is -0.114. The zero-order valence-electron chi connectivity index (χ0n) is 23.6. The van der Waals surface area contributed by atoms with Crippen molar-refractivity contribution in [3.63, 3.8) is 0 Å². The van der Waals surface area contributed by atoms with E-state index >= 15 is 0 Å². The van der Waals surface area contributed by atoms with E-state index in [0.717, 1.165) is 5.56 Å². The second kappa shape index (κ2) is 11.5. The van der Waals surface area contributed by atoms with Crippen molar-refractivity contribution < 1.29 is 14.0 Å². The number of anilines is 1. The Hall–Kier alpha value is -4.97. The predicted octanol–water partition coefficient (Wildman–Crippen LogP) is 3.96. The van der Waals surface area contributed by atoms with Crippen LogP contribution >= 0.6 is 0 Å². The van der Waals surface area contributed by atoms with E-state index in [-0.39, 0.29) is 23.9 Å². The molecule has 1 fully saturated rings. The molecular formula is C30H31N9O3. The fourth-order valence-electron chi connectivity index (χ4n) is 5.08. The van der Waals surface area contributed by atoms with Gasteiger partial charge >= 0.3 is 0 Å². The highest BCUT2D eigenvalue weighted by atomic mass is 16.3. The van der Waals surface area contributed by atoms with Crippen LogP contribution in [0.2, 0.25) is 0 Å². The van der Waals surface area contributed by atoms with Gasteiger partial charge < -0.3 is 14.6 Å². The molecule has 1 N–H and O–H groups in total. The summed E-state index contributed by atoms with van der Waals surface area (Å²) in [6.45, 7) is 7.83. The number of amides is 2. The van der Waals surface area contributed by atoms with E-state index in [2.05, 4.69) is 47.7 Å². The highest BCUT2D eigenvalue weighted by Gasteiger charge is 2.32. The normalized spacial score (nSPS) is 14.8. The summed E-state index contributed by atoms with van der Waals surface area (Å²) in [6, 6.07) is 18.8. The van der Waals surface area contributed by atoms with Gasteiger partial charge in [-0.3, -0.25) is 19.5 Å². The third-order valence-electron chi connectivity index (χ3n) is 7.17. The van der Waals surface area contributed by atoms with E-state index in [1.807, 2.05) is 36.9 Å². The van der Waals surface area contributed by atoms with Gasteiger partial charge in [0.1, 0.15) is 11.2 Å². The number of hydrogen-bond acceptors (Lipinski definition) is 9. The van der Waals surface area contributed by atoms with Crippen LogP contribution in [0, 0.1) is 0 Å². The maximum atomic E-state index is 13.5.